The zero-order valence-electron chi connectivity index (χ0n) is 15.5. The lowest BCUT2D eigenvalue weighted by Crippen LogP contribution is -2.31. The van der Waals surface area contributed by atoms with Crippen LogP contribution in [-0.4, -0.2) is 56.7 Å². The van der Waals surface area contributed by atoms with Crippen LogP contribution in [0.3, 0.4) is 0 Å². The van der Waals surface area contributed by atoms with Crippen LogP contribution in [0.25, 0.3) is 5.69 Å². The molecule has 0 atom stereocenters. The van der Waals surface area contributed by atoms with Crippen LogP contribution in [0.2, 0.25) is 5.02 Å². The molecule has 0 radical (unpaired) electrons. The maximum Gasteiger partial charge on any atom is 0.0925 e. The van der Waals surface area contributed by atoms with E-state index >= 15 is 0 Å². The van der Waals surface area contributed by atoms with Gasteiger partial charge in [0.2, 0.25) is 0 Å². The Labute approximate surface area is 159 Å². The molecule has 1 N–H and O–H groups in total. The van der Waals surface area contributed by atoms with Gasteiger partial charge in [-0.1, -0.05) is 23.7 Å². The Balaban J connectivity index is 1.74. The van der Waals surface area contributed by atoms with Gasteiger partial charge in [-0.25, -0.2) is 9.67 Å². The molecule has 0 aliphatic heterocycles. The van der Waals surface area contributed by atoms with Gasteiger partial charge in [0.1, 0.15) is 0 Å². The lowest BCUT2D eigenvalue weighted by atomic mass is 10.2. The summed E-state index contributed by atoms with van der Waals surface area (Å²) < 4.78 is 1.83. The van der Waals surface area contributed by atoms with Crippen LogP contribution in [0.15, 0.2) is 43.0 Å². The van der Waals surface area contributed by atoms with Crippen LogP contribution < -0.4 is 0 Å². The number of aromatic amines is 1. The summed E-state index contributed by atoms with van der Waals surface area (Å²) in [6.45, 7) is 5.62. The lowest BCUT2D eigenvalue weighted by Gasteiger charge is -2.23. The number of aromatic nitrogens is 4. The van der Waals surface area contributed by atoms with Gasteiger partial charge in [-0.05, 0) is 33.2 Å². The molecule has 6 nitrogen and oxygen atoms in total. The van der Waals surface area contributed by atoms with Gasteiger partial charge in [-0.2, -0.15) is 5.10 Å². The predicted molar refractivity (Wildman–Crippen MR) is 105 cm³/mol. The van der Waals surface area contributed by atoms with Gasteiger partial charge in [0, 0.05) is 43.6 Å². The monoisotopic (exact) mass is 372 g/mol. The minimum atomic E-state index is 0.693. The second-order valence-electron chi connectivity index (χ2n) is 6.73. The molecular weight excluding hydrogens is 348 g/mol. The largest absolute Gasteiger partial charge is 0.348 e. The van der Waals surface area contributed by atoms with Crippen molar-refractivity contribution < 1.29 is 0 Å². The van der Waals surface area contributed by atoms with Crippen molar-refractivity contribution in [1.82, 2.24) is 29.5 Å². The topological polar surface area (TPSA) is 53.0 Å². The highest BCUT2D eigenvalue weighted by atomic mass is 35.5. The molecule has 0 aliphatic rings. The van der Waals surface area contributed by atoms with E-state index in [0.29, 0.717) is 5.02 Å². The first-order valence-corrected chi connectivity index (χ1v) is 9.05. The van der Waals surface area contributed by atoms with Crippen molar-refractivity contribution in [3.8, 4) is 5.69 Å². The van der Waals surface area contributed by atoms with E-state index in [9.17, 15) is 0 Å². The second-order valence-corrected chi connectivity index (χ2v) is 7.14. The van der Waals surface area contributed by atoms with Crippen molar-refractivity contribution in [1.29, 1.82) is 0 Å². The first kappa shape index (κ1) is 18.6. The molecule has 0 amide bonds. The molecule has 26 heavy (non-hydrogen) atoms. The normalized spacial score (nSPS) is 11.6. The summed E-state index contributed by atoms with van der Waals surface area (Å²) in [5.41, 5.74) is 4.24. The number of hydrogen-bond acceptors (Lipinski definition) is 4. The van der Waals surface area contributed by atoms with E-state index in [-0.39, 0.29) is 0 Å². The summed E-state index contributed by atoms with van der Waals surface area (Å²) in [5.74, 6) is 0. The molecule has 0 unspecified atom stereocenters. The van der Waals surface area contributed by atoms with Crippen molar-refractivity contribution in [2.75, 3.05) is 27.2 Å². The van der Waals surface area contributed by atoms with E-state index < -0.39 is 0 Å². The molecule has 3 aromatic rings. The molecule has 0 fully saturated rings. The number of halogens is 1. The van der Waals surface area contributed by atoms with Gasteiger partial charge in [-0.3, -0.25) is 4.90 Å². The Bertz CT molecular complexity index is 838. The van der Waals surface area contributed by atoms with Crippen molar-refractivity contribution in [3.63, 3.8) is 0 Å². The number of rotatable bonds is 8. The van der Waals surface area contributed by atoms with Crippen LogP contribution >= 0.6 is 11.6 Å². The Morgan fingerprint density at radius 2 is 1.96 bits per heavy atom. The first-order valence-electron chi connectivity index (χ1n) is 8.67. The van der Waals surface area contributed by atoms with E-state index in [1.165, 1.54) is 0 Å². The van der Waals surface area contributed by atoms with E-state index in [1.807, 2.05) is 41.3 Å². The Morgan fingerprint density at radius 1 is 1.15 bits per heavy atom. The van der Waals surface area contributed by atoms with Gasteiger partial charge in [0.25, 0.3) is 0 Å². The highest BCUT2D eigenvalue weighted by Crippen LogP contribution is 2.20. The zero-order valence-corrected chi connectivity index (χ0v) is 16.2. The number of aryl methyl sites for hydroxylation is 1. The molecular formula is C19H25ClN6. The van der Waals surface area contributed by atoms with Crippen molar-refractivity contribution in [3.05, 3.63) is 65.0 Å². The van der Waals surface area contributed by atoms with Crippen LogP contribution in [0.5, 0.6) is 0 Å². The number of para-hydroxylation sites is 1. The first-order chi connectivity index (χ1) is 12.5. The maximum atomic E-state index is 6.28. The van der Waals surface area contributed by atoms with E-state index in [4.69, 9.17) is 11.6 Å². The van der Waals surface area contributed by atoms with Crippen LogP contribution in [0.4, 0.5) is 0 Å². The highest BCUT2D eigenvalue weighted by molar-refractivity contribution is 6.32. The quantitative estimate of drug-likeness (QED) is 0.660. The molecule has 0 aliphatic carbocycles. The number of imidazole rings is 1. The van der Waals surface area contributed by atoms with E-state index in [0.717, 1.165) is 48.8 Å². The number of benzene rings is 1. The minimum Gasteiger partial charge on any atom is -0.348 e. The van der Waals surface area contributed by atoms with Gasteiger partial charge in [0.15, 0.2) is 0 Å². The van der Waals surface area contributed by atoms with Crippen molar-refractivity contribution >= 4 is 11.6 Å². The summed E-state index contributed by atoms with van der Waals surface area (Å²) in [6, 6.07) is 7.73. The van der Waals surface area contributed by atoms with Crippen molar-refractivity contribution in [2.45, 2.75) is 20.0 Å². The van der Waals surface area contributed by atoms with Crippen LogP contribution in [-0.2, 0) is 13.1 Å². The van der Waals surface area contributed by atoms with Crippen LogP contribution in [0, 0.1) is 6.92 Å². The average molecular weight is 373 g/mol. The molecule has 7 heteroatoms. The number of likely N-dealkylation sites (N-methyl/N-ethyl adjacent to an activating group) is 1. The molecule has 0 saturated heterocycles. The molecule has 2 aromatic heterocycles. The summed E-state index contributed by atoms with van der Waals surface area (Å²) >= 11 is 6.28. The molecule has 1 aromatic carbocycles. The Kier molecular flexibility index (Phi) is 6.08. The van der Waals surface area contributed by atoms with E-state index in [1.54, 1.807) is 6.33 Å². The summed E-state index contributed by atoms with van der Waals surface area (Å²) in [7, 11) is 4.18. The third kappa shape index (κ3) is 4.72. The Hall–Kier alpha value is -2.15. The average Bonchev–Trinajstić information content (AvgIpc) is 3.23. The molecule has 3 rings (SSSR count). The minimum absolute atomic E-state index is 0.693. The smallest absolute Gasteiger partial charge is 0.0925 e. The number of nitrogens with zero attached hydrogens (tertiary/aromatic N) is 5. The fraction of sp³-hybridized carbons (Fsp3) is 0.368. The maximum absolute atomic E-state index is 6.28. The molecule has 0 bridgehead atoms. The molecule has 138 valence electrons. The van der Waals surface area contributed by atoms with Crippen molar-refractivity contribution in [2.24, 2.45) is 0 Å². The number of H-pyrrole nitrogens is 1. The predicted octanol–water partition coefficient (Wildman–Crippen LogP) is 3.12. The summed E-state index contributed by atoms with van der Waals surface area (Å²) in [6.07, 6.45) is 5.70. The Morgan fingerprint density at radius 3 is 2.65 bits per heavy atom. The lowest BCUT2D eigenvalue weighted by molar-refractivity contribution is 0.224. The highest BCUT2D eigenvalue weighted by Gasteiger charge is 2.13. The fourth-order valence-electron chi connectivity index (χ4n) is 2.78. The third-order valence-corrected chi connectivity index (χ3v) is 4.63. The SMILES string of the molecule is Cc1[nH]cnc1CN(CCN(C)C)Cc1cnn(-c2ccccc2Cl)c1. The number of hydrogen-bond donors (Lipinski definition) is 1. The molecule has 2 heterocycles. The summed E-state index contributed by atoms with van der Waals surface area (Å²) in [4.78, 5) is 12.2. The van der Waals surface area contributed by atoms with E-state index in [2.05, 4.69) is 45.9 Å². The van der Waals surface area contributed by atoms with Gasteiger partial charge in [-0.15, -0.1) is 0 Å². The zero-order chi connectivity index (χ0) is 18.5. The van der Waals surface area contributed by atoms with Gasteiger partial charge >= 0.3 is 0 Å². The summed E-state index contributed by atoms with van der Waals surface area (Å²) in [5, 5.41) is 5.18. The van der Waals surface area contributed by atoms with Gasteiger partial charge in [0.05, 0.1) is 28.9 Å². The number of nitrogens with one attached hydrogen (secondary N) is 1. The third-order valence-electron chi connectivity index (χ3n) is 4.31. The van der Waals surface area contributed by atoms with Gasteiger partial charge < -0.3 is 9.88 Å². The molecule has 0 spiro atoms. The van der Waals surface area contributed by atoms with Crippen LogP contribution in [0.1, 0.15) is 17.0 Å². The molecule has 0 saturated carbocycles. The fourth-order valence-corrected chi connectivity index (χ4v) is 3.01. The standard InChI is InChI=1S/C19H25ClN6/c1-15-18(22-14-21-15)13-25(9-8-24(2)3)11-16-10-23-26(12-16)19-7-5-4-6-17(19)20/h4-7,10,12,14H,8-9,11,13H2,1-3H3,(H,21,22). The second kappa shape index (κ2) is 8.49.